The van der Waals surface area contributed by atoms with Crippen LogP contribution in [0.5, 0.6) is 5.75 Å². The van der Waals surface area contributed by atoms with Crippen LogP contribution < -0.4 is 4.90 Å². The maximum absolute atomic E-state index is 9.62. The van der Waals surface area contributed by atoms with Crippen molar-refractivity contribution in [3.05, 3.63) is 47.9 Å². The van der Waals surface area contributed by atoms with Crippen LogP contribution in [0, 0.1) is 0 Å². The lowest BCUT2D eigenvalue weighted by Crippen LogP contribution is -2.46. The number of nitrogens with zero attached hydrogens (tertiary/aromatic N) is 4. The van der Waals surface area contributed by atoms with Gasteiger partial charge in [0.2, 0.25) is 0 Å². The first-order valence-electron chi connectivity index (χ1n) is 8.80. The van der Waals surface area contributed by atoms with Gasteiger partial charge in [0.25, 0.3) is 0 Å². The summed E-state index contributed by atoms with van der Waals surface area (Å²) < 4.78 is 0. The Morgan fingerprint density at radius 3 is 2.76 bits per heavy atom. The minimum absolute atomic E-state index is 0.332. The highest BCUT2D eigenvalue weighted by Crippen LogP contribution is 2.27. The highest BCUT2D eigenvalue weighted by molar-refractivity contribution is 5.90. The number of phenols is 1. The predicted molar refractivity (Wildman–Crippen MR) is 98.9 cm³/mol. The molecule has 6 heteroatoms. The van der Waals surface area contributed by atoms with Crippen LogP contribution in [0.1, 0.15) is 18.1 Å². The van der Waals surface area contributed by atoms with Crippen LogP contribution in [0.2, 0.25) is 0 Å². The molecule has 0 aliphatic carbocycles. The molecule has 6 nitrogen and oxygen atoms in total. The maximum atomic E-state index is 9.62. The van der Waals surface area contributed by atoms with Gasteiger partial charge in [-0.15, -0.1) is 0 Å². The van der Waals surface area contributed by atoms with Gasteiger partial charge in [-0.25, -0.2) is 9.97 Å². The summed E-state index contributed by atoms with van der Waals surface area (Å²) in [4.78, 5) is 17.0. The van der Waals surface area contributed by atoms with Gasteiger partial charge < -0.3 is 15.0 Å². The molecule has 3 heterocycles. The number of rotatable bonds is 4. The zero-order valence-electron chi connectivity index (χ0n) is 14.4. The molecular formula is C19H23N5O. The molecule has 2 N–H and O–H groups in total. The molecule has 1 fully saturated rings. The number of fused-ring (bicyclic) bond motifs is 1. The van der Waals surface area contributed by atoms with Gasteiger partial charge in [0.15, 0.2) is 0 Å². The molecule has 0 unspecified atom stereocenters. The summed E-state index contributed by atoms with van der Waals surface area (Å²) in [5, 5.41) is 10.8. The lowest BCUT2D eigenvalue weighted by atomic mass is 10.1. The summed E-state index contributed by atoms with van der Waals surface area (Å²) in [6.45, 7) is 6.87. The van der Waals surface area contributed by atoms with Crippen LogP contribution in [0.25, 0.3) is 11.0 Å². The van der Waals surface area contributed by atoms with Gasteiger partial charge in [-0.2, -0.15) is 0 Å². The highest BCUT2D eigenvalue weighted by atomic mass is 16.3. The fourth-order valence-electron chi connectivity index (χ4n) is 3.56. The summed E-state index contributed by atoms with van der Waals surface area (Å²) >= 11 is 0. The molecule has 3 aromatic rings. The summed E-state index contributed by atoms with van der Waals surface area (Å²) in [7, 11) is 0. The van der Waals surface area contributed by atoms with E-state index in [0.717, 1.165) is 61.6 Å². The number of benzene rings is 1. The molecule has 2 aromatic heterocycles. The molecule has 0 radical (unpaired) electrons. The third kappa shape index (κ3) is 3.17. The SMILES string of the molecule is CCc1c[nH]c2ncnc(N3CCN(Cc4cccc(O)c4)CC3)c12. The van der Waals surface area contributed by atoms with Gasteiger partial charge in [-0.05, 0) is 29.7 Å². The molecule has 1 aliphatic heterocycles. The Hall–Kier alpha value is -2.60. The number of piperazine rings is 1. The van der Waals surface area contributed by atoms with E-state index in [-0.39, 0.29) is 0 Å². The average molecular weight is 337 g/mol. The first-order valence-corrected chi connectivity index (χ1v) is 8.80. The fourth-order valence-corrected chi connectivity index (χ4v) is 3.56. The first kappa shape index (κ1) is 15.9. The van der Waals surface area contributed by atoms with E-state index in [1.807, 2.05) is 18.3 Å². The number of nitrogens with one attached hydrogen (secondary N) is 1. The largest absolute Gasteiger partial charge is 0.508 e. The molecule has 130 valence electrons. The first-order chi connectivity index (χ1) is 12.2. The van der Waals surface area contributed by atoms with Gasteiger partial charge in [-0.3, -0.25) is 4.90 Å². The number of hydrogen-bond acceptors (Lipinski definition) is 5. The average Bonchev–Trinajstić information content (AvgIpc) is 3.06. The second kappa shape index (κ2) is 6.72. The summed E-state index contributed by atoms with van der Waals surface area (Å²) in [6.07, 6.45) is 4.66. The number of H-pyrrole nitrogens is 1. The Kier molecular flexibility index (Phi) is 4.28. The van der Waals surface area contributed by atoms with Gasteiger partial charge >= 0.3 is 0 Å². The lowest BCUT2D eigenvalue weighted by Gasteiger charge is -2.35. The fraction of sp³-hybridized carbons (Fsp3) is 0.368. The molecule has 1 saturated heterocycles. The van der Waals surface area contributed by atoms with Gasteiger partial charge in [-0.1, -0.05) is 19.1 Å². The van der Waals surface area contributed by atoms with Crippen LogP contribution in [0.15, 0.2) is 36.8 Å². The molecule has 4 rings (SSSR count). The molecule has 25 heavy (non-hydrogen) atoms. The van der Waals surface area contributed by atoms with Crippen LogP contribution in [0.4, 0.5) is 5.82 Å². The zero-order valence-corrected chi connectivity index (χ0v) is 14.4. The summed E-state index contributed by atoms with van der Waals surface area (Å²) in [5.74, 6) is 1.37. The maximum Gasteiger partial charge on any atom is 0.143 e. The van der Waals surface area contributed by atoms with Crippen LogP contribution in [-0.4, -0.2) is 51.1 Å². The van der Waals surface area contributed by atoms with E-state index in [1.165, 1.54) is 5.56 Å². The number of aryl methyl sites for hydroxylation is 1. The number of anilines is 1. The number of aromatic hydroxyl groups is 1. The lowest BCUT2D eigenvalue weighted by molar-refractivity contribution is 0.249. The van der Waals surface area contributed by atoms with E-state index in [1.54, 1.807) is 12.4 Å². The van der Waals surface area contributed by atoms with Crippen LogP contribution in [0.3, 0.4) is 0 Å². The number of aromatic amines is 1. The molecule has 1 aliphatic rings. The summed E-state index contributed by atoms with van der Waals surface area (Å²) in [5.41, 5.74) is 3.34. The molecular weight excluding hydrogens is 314 g/mol. The van der Waals surface area contributed by atoms with Crippen molar-refractivity contribution in [3.8, 4) is 5.75 Å². The van der Waals surface area contributed by atoms with Gasteiger partial charge in [0.1, 0.15) is 23.5 Å². The molecule has 0 saturated carbocycles. The summed E-state index contributed by atoms with van der Waals surface area (Å²) in [6, 6.07) is 7.52. The number of phenolic OH excluding ortho intramolecular Hbond substituents is 1. The van der Waals surface area contributed by atoms with Gasteiger partial charge in [0.05, 0.1) is 5.39 Å². The standard InChI is InChI=1S/C19H23N5O/c1-2-15-11-20-18-17(15)19(22-13-21-18)24-8-6-23(7-9-24)12-14-4-3-5-16(25)10-14/h3-5,10-11,13,25H,2,6-9,12H2,1H3,(H,20,21,22). The topological polar surface area (TPSA) is 68.3 Å². The molecule has 0 bridgehead atoms. The minimum atomic E-state index is 0.332. The van der Waals surface area contributed by atoms with E-state index in [4.69, 9.17) is 0 Å². The predicted octanol–water partition coefficient (Wildman–Crippen LogP) is 2.55. The highest BCUT2D eigenvalue weighted by Gasteiger charge is 2.21. The Bertz CT molecular complexity index is 867. The number of hydrogen-bond donors (Lipinski definition) is 2. The van der Waals surface area contributed by atoms with Crippen molar-refractivity contribution in [2.75, 3.05) is 31.1 Å². The quantitative estimate of drug-likeness (QED) is 0.766. The molecule has 0 spiro atoms. The monoisotopic (exact) mass is 337 g/mol. The van der Waals surface area contributed by atoms with E-state index in [2.05, 4.69) is 37.7 Å². The van der Waals surface area contributed by atoms with Crippen molar-refractivity contribution in [2.45, 2.75) is 19.9 Å². The zero-order chi connectivity index (χ0) is 17.2. The normalized spacial score (nSPS) is 15.8. The Labute approximate surface area is 147 Å². The third-order valence-corrected chi connectivity index (χ3v) is 4.90. The van der Waals surface area contributed by atoms with E-state index in [0.29, 0.717) is 5.75 Å². The van der Waals surface area contributed by atoms with Crippen molar-refractivity contribution >= 4 is 16.9 Å². The smallest absolute Gasteiger partial charge is 0.143 e. The Morgan fingerprint density at radius 1 is 1.16 bits per heavy atom. The molecule has 0 atom stereocenters. The Morgan fingerprint density at radius 2 is 2.00 bits per heavy atom. The number of aromatic nitrogens is 3. The van der Waals surface area contributed by atoms with Crippen molar-refractivity contribution < 1.29 is 5.11 Å². The van der Waals surface area contributed by atoms with Crippen molar-refractivity contribution in [3.63, 3.8) is 0 Å². The van der Waals surface area contributed by atoms with Crippen molar-refractivity contribution in [1.82, 2.24) is 19.9 Å². The van der Waals surface area contributed by atoms with Crippen molar-refractivity contribution in [2.24, 2.45) is 0 Å². The van der Waals surface area contributed by atoms with Gasteiger partial charge in [0, 0.05) is 38.9 Å². The van der Waals surface area contributed by atoms with Crippen molar-refractivity contribution in [1.29, 1.82) is 0 Å². The van der Waals surface area contributed by atoms with E-state index < -0.39 is 0 Å². The molecule has 1 aromatic carbocycles. The molecule has 0 amide bonds. The van der Waals surface area contributed by atoms with Crippen LogP contribution >= 0.6 is 0 Å². The second-order valence-electron chi connectivity index (χ2n) is 6.52. The van der Waals surface area contributed by atoms with E-state index >= 15 is 0 Å². The Balaban J connectivity index is 1.48. The minimum Gasteiger partial charge on any atom is -0.508 e. The second-order valence-corrected chi connectivity index (χ2v) is 6.52. The third-order valence-electron chi connectivity index (χ3n) is 4.90. The van der Waals surface area contributed by atoms with Crippen LogP contribution in [-0.2, 0) is 13.0 Å². The van der Waals surface area contributed by atoms with E-state index in [9.17, 15) is 5.11 Å².